The number of nitrogens with two attached hydrogens (primary N) is 1. The summed E-state index contributed by atoms with van der Waals surface area (Å²) in [5.74, 6) is -1.18. The Bertz CT molecular complexity index is 1210. The number of carbonyl (C=O) groups excluding carboxylic acids is 1. The highest BCUT2D eigenvalue weighted by atomic mass is 35.5. The van der Waals surface area contributed by atoms with Crippen LogP contribution in [0.3, 0.4) is 0 Å². The van der Waals surface area contributed by atoms with Gasteiger partial charge in [0.1, 0.15) is 18.2 Å². The molecule has 1 aliphatic heterocycles. The third-order valence-corrected chi connectivity index (χ3v) is 6.09. The summed E-state index contributed by atoms with van der Waals surface area (Å²) < 4.78 is 33.4. The van der Waals surface area contributed by atoms with Crippen LogP contribution in [0.15, 0.2) is 48.7 Å². The summed E-state index contributed by atoms with van der Waals surface area (Å²) >= 11 is 5.88. The summed E-state index contributed by atoms with van der Waals surface area (Å²) in [5.41, 5.74) is 7.79. The molecule has 0 saturated carbocycles. The second-order valence-corrected chi connectivity index (χ2v) is 8.86. The molecule has 1 aromatic heterocycles. The van der Waals surface area contributed by atoms with Crippen molar-refractivity contribution in [3.63, 3.8) is 0 Å². The van der Waals surface area contributed by atoms with Crippen LogP contribution >= 0.6 is 11.6 Å². The highest BCUT2D eigenvalue weighted by Gasteiger charge is 2.25. The molecule has 1 saturated heterocycles. The topological polar surface area (TPSA) is 80.5 Å². The Hall–Kier alpha value is -3.23. The van der Waals surface area contributed by atoms with Crippen LogP contribution < -0.4 is 15.8 Å². The number of hydrogen-bond acceptors (Lipinski definition) is 5. The number of carbonyl (C=O) groups is 1. The molecule has 1 amide bonds. The molecular weight excluding hydrogens is 462 g/mol. The minimum Gasteiger partial charge on any atom is -0.485 e. The van der Waals surface area contributed by atoms with Gasteiger partial charge >= 0.3 is 0 Å². The predicted octanol–water partition coefficient (Wildman–Crippen LogP) is 4.66. The molecule has 3 aromatic rings. The second kappa shape index (κ2) is 9.95. The van der Waals surface area contributed by atoms with Crippen molar-refractivity contribution in [1.82, 2.24) is 15.2 Å². The number of pyridine rings is 1. The van der Waals surface area contributed by atoms with E-state index in [1.165, 1.54) is 0 Å². The van der Waals surface area contributed by atoms with Gasteiger partial charge in [-0.1, -0.05) is 23.7 Å². The van der Waals surface area contributed by atoms with E-state index in [1.807, 2.05) is 11.0 Å². The van der Waals surface area contributed by atoms with E-state index in [-0.39, 0.29) is 46.8 Å². The first-order valence-corrected chi connectivity index (χ1v) is 11.3. The van der Waals surface area contributed by atoms with Crippen LogP contribution in [-0.4, -0.2) is 41.0 Å². The normalized spacial score (nSPS) is 18.1. The molecule has 6 nitrogen and oxygen atoms in total. The molecule has 34 heavy (non-hydrogen) atoms. The van der Waals surface area contributed by atoms with Gasteiger partial charge in [0.25, 0.3) is 5.91 Å². The van der Waals surface area contributed by atoms with Gasteiger partial charge in [-0.15, -0.1) is 0 Å². The fraction of sp³-hybridized carbons (Fsp3) is 0.280. The smallest absolute Gasteiger partial charge is 0.253 e. The highest BCUT2D eigenvalue weighted by molar-refractivity contribution is 6.31. The van der Waals surface area contributed by atoms with Crippen LogP contribution in [0.5, 0.6) is 5.75 Å². The van der Waals surface area contributed by atoms with Gasteiger partial charge in [0.2, 0.25) is 0 Å². The van der Waals surface area contributed by atoms with Gasteiger partial charge in [-0.05, 0) is 49.7 Å². The van der Waals surface area contributed by atoms with Gasteiger partial charge in [-0.2, -0.15) is 0 Å². The average molecular weight is 487 g/mol. The summed E-state index contributed by atoms with van der Waals surface area (Å²) in [6.07, 6.45) is 1.57. The van der Waals surface area contributed by atoms with E-state index >= 15 is 0 Å². The Balaban J connectivity index is 1.56. The lowest BCUT2D eigenvalue weighted by Crippen LogP contribution is -2.55. The number of nitrogen functional groups attached to an aromatic ring is 1. The van der Waals surface area contributed by atoms with Crippen LogP contribution in [0.1, 0.15) is 29.8 Å². The maximum atomic E-state index is 14.1. The van der Waals surface area contributed by atoms with Crippen LogP contribution in [0.25, 0.3) is 11.1 Å². The first-order valence-electron chi connectivity index (χ1n) is 10.9. The minimum atomic E-state index is -0.740. The van der Waals surface area contributed by atoms with E-state index in [0.717, 1.165) is 17.7 Å². The molecule has 2 aromatic carbocycles. The highest BCUT2D eigenvalue weighted by Crippen LogP contribution is 2.30. The van der Waals surface area contributed by atoms with Crippen molar-refractivity contribution < 1.29 is 18.3 Å². The molecule has 0 radical (unpaired) electrons. The fourth-order valence-electron chi connectivity index (χ4n) is 4.09. The van der Waals surface area contributed by atoms with E-state index in [4.69, 9.17) is 22.1 Å². The predicted molar refractivity (Wildman–Crippen MR) is 128 cm³/mol. The van der Waals surface area contributed by atoms with Gasteiger partial charge < -0.3 is 20.7 Å². The van der Waals surface area contributed by atoms with Crippen LogP contribution in [0.2, 0.25) is 5.02 Å². The van der Waals surface area contributed by atoms with Crippen LogP contribution in [0, 0.1) is 11.6 Å². The quantitative estimate of drug-likeness (QED) is 0.512. The molecular formula is C25H25ClF2N4O2. The number of hydrogen-bond donors (Lipinski definition) is 2. The summed E-state index contributed by atoms with van der Waals surface area (Å²) in [4.78, 5) is 19.1. The molecule has 9 heteroatoms. The molecule has 1 fully saturated rings. The Morgan fingerprint density at radius 2 is 1.85 bits per heavy atom. The van der Waals surface area contributed by atoms with Crippen molar-refractivity contribution in [2.75, 3.05) is 18.8 Å². The van der Waals surface area contributed by atoms with E-state index in [9.17, 15) is 13.6 Å². The number of amides is 1. The lowest BCUT2D eigenvalue weighted by molar-refractivity contribution is 0.0674. The summed E-state index contributed by atoms with van der Waals surface area (Å²) in [6, 6.07) is 11.2. The Morgan fingerprint density at radius 1 is 1.15 bits per heavy atom. The molecule has 2 heterocycles. The number of aromatic nitrogens is 1. The molecule has 0 bridgehead atoms. The molecule has 178 valence electrons. The van der Waals surface area contributed by atoms with Crippen molar-refractivity contribution in [3.05, 3.63) is 76.4 Å². The van der Waals surface area contributed by atoms with E-state index in [1.54, 1.807) is 30.5 Å². The molecule has 2 atom stereocenters. The summed E-state index contributed by atoms with van der Waals surface area (Å²) in [7, 11) is 0. The number of ether oxygens (including phenoxy) is 1. The van der Waals surface area contributed by atoms with E-state index in [2.05, 4.69) is 24.1 Å². The molecule has 0 aliphatic carbocycles. The number of rotatable bonds is 5. The van der Waals surface area contributed by atoms with Gasteiger partial charge in [0.05, 0.1) is 5.02 Å². The fourth-order valence-corrected chi connectivity index (χ4v) is 4.29. The van der Waals surface area contributed by atoms with Gasteiger partial charge in [0.15, 0.2) is 11.6 Å². The van der Waals surface area contributed by atoms with Crippen molar-refractivity contribution in [1.29, 1.82) is 0 Å². The number of nitrogens with zero attached hydrogens (tertiary/aromatic N) is 2. The number of anilines is 1. The zero-order valence-corrected chi connectivity index (χ0v) is 19.6. The zero-order valence-electron chi connectivity index (χ0n) is 18.8. The number of piperazine rings is 1. The maximum Gasteiger partial charge on any atom is 0.253 e. The van der Waals surface area contributed by atoms with Gasteiger partial charge in [-0.25, -0.2) is 13.8 Å². The molecule has 3 N–H and O–H groups in total. The van der Waals surface area contributed by atoms with Crippen LogP contribution in [0.4, 0.5) is 14.6 Å². The van der Waals surface area contributed by atoms with Crippen molar-refractivity contribution in [3.8, 4) is 16.9 Å². The van der Waals surface area contributed by atoms with Gasteiger partial charge in [-0.3, -0.25) is 4.79 Å². The lowest BCUT2D eigenvalue weighted by Gasteiger charge is -2.36. The Labute approximate surface area is 201 Å². The monoisotopic (exact) mass is 486 g/mol. The van der Waals surface area contributed by atoms with Crippen LogP contribution in [-0.2, 0) is 6.61 Å². The minimum absolute atomic E-state index is 0.0434. The molecule has 0 spiro atoms. The zero-order chi connectivity index (χ0) is 24.4. The van der Waals surface area contributed by atoms with Crippen molar-refractivity contribution >= 4 is 23.3 Å². The first kappa shape index (κ1) is 23.9. The van der Waals surface area contributed by atoms with E-state index in [0.29, 0.717) is 24.2 Å². The summed E-state index contributed by atoms with van der Waals surface area (Å²) in [6.45, 7) is 5.05. The van der Waals surface area contributed by atoms with Gasteiger partial charge in [0, 0.05) is 48.1 Å². The average Bonchev–Trinajstić information content (AvgIpc) is 2.81. The molecule has 1 aliphatic rings. The maximum absolute atomic E-state index is 14.1. The summed E-state index contributed by atoms with van der Waals surface area (Å²) in [5, 5.41) is 3.08. The van der Waals surface area contributed by atoms with Crippen molar-refractivity contribution in [2.24, 2.45) is 0 Å². The first-order chi connectivity index (χ1) is 16.2. The largest absolute Gasteiger partial charge is 0.485 e. The molecule has 2 unspecified atom stereocenters. The third kappa shape index (κ3) is 5.13. The number of halogens is 3. The third-order valence-electron chi connectivity index (χ3n) is 5.68. The Kier molecular flexibility index (Phi) is 7.00. The standard InChI is InChI=1S/C25H25ClF2N4O2/c1-14-11-32(12-15(2)31-14)25(33)17-5-3-4-16(8-17)18-9-22(24(29)30-10-18)34-13-19-20(27)6-7-21(28)23(19)26/h3-10,14-15,31H,11-13H2,1-2H3,(H2,29,30). The second-order valence-electron chi connectivity index (χ2n) is 8.48. The Morgan fingerprint density at radius 3 is 2.59 bits per heavy atom. The SMILES string of the molecule is CC1CN(C(=O)c2cccc(-c3cnc(N)c(OCc4c(F)ccc(F)c4Cl)c3)c2)CC(C)N1. The lowest BCUT2D eigenvalue weighted by atomic mass is 10.0. The molecule has 4 rings (SSSR count). The van der Waals surface area contributed by atoms with Crippen molar-refractivity contribution in [2.45, 2.75) is 32.5 Å². The number of benzene rings is 2. The number of nitrogens with one attached hydrogen (secondary N) is 1. The van der Waals surface area contributed by atoms with E-state index < -0.39 is 11.6 Å².